The van der Waals surface area contributed by atoms with Crippen molar-refractivity contribution in [1.29, 1.82) is 0 Å². The zero-order valence-corrected chi connectivity index (χ0v) is 24.2. The van der Waals surface area contributed by atoms with Crippen LogP contribution in [0.25, 0.3) is 88.8 Å². The molecule has 9 rings (SSSR count). The molecule has 9 aromatic rings. The summed E-state index contributed by atoms with van der Waals surface area (Å²) in [5.41, 5.74) is 6.79. The van der Waals surface area contributed by atoms with E-state index in [2.05, 4.69) is 72.8 Å². The molecule has 0 bridgehead atoms. The van der Waals surface area contributed by atoms with Crippen LogP contribution < -0.4 is 0 Å². The average Bonchev–Trinajstić information content (AvgIpc) is 3.52. The van der Waals surface area contributed by atoms with Gasteiger partial charge >= 0.3 is 0 Å². The van der Waals surface area contributed by atoms with Crippen LogP contribution >= 0.6 is 0 Å². The van der Waals surface area contributed by atoms with E-state index in [0.717, 1.165) is 60.5 Å². The Balaban J connectivity index is 1.30. The molecule has 0 aliphatic heterocycles. The van der Waals surface area contributed by atoms with Gasteiger partial charge in [0.05, 0.1) is 0 Å². The molecule has 2 heterocycles. The summed E-state index contributed by atoms with van der Waals surface area (Å²) >= 11 is 0. The second-order valence-corrected chi connectivity index (χ2v) is 11.2. The first-order chi connectivity index (χ1) is 22.3. The van der Waals surface area contributed by atoms with Crippen molar-refractivity contribution < 1.29 is 4.42 Å². The van der Waals surface area contributed by atoms with E-state index in [1.165, 1.54) is 10.8 Å². The molecule has 45 heavy (non-hydrogen) atoms. The van der Waals surface area contributed by atoms with Gasteiger partial charge in [-0.1, -0.05) is 140 Å². The smallest absolute Gasteiger partial charge is 0.164 e. The highest BCUT2D eigenvalue weighted by molar-refractivity contribution is 6.30. The van der Waals surface area contributed by atoms with Crippen LogP contribution in [-0.2, 0) is 0 Å². The standard InChI is InChI=1S/C41H25N3O/c1-3-13-26(14-4-1)39-42-40(27-15-5-2-6-16-27)44-41(43-39)33-20-10-7-17-29(33)28-23-24-31-30-18-8-9-19-32(30)38-37(35(31)25-28)34-21-11-12-22-36(34)45-38/h1-25H. The fourth-order valence-electron chi connectivity index (χ4n) is 6.43. The molecule has 0 unspecified atom stereocenters. The van der Waals surface area contributed by atoms with Gasteiger partial charge < -0.3 is 4.42 Å². The van der Waals surface area contributed by atoms with Crippen LogP contribution in [0.1, 0.15) is 0 Å². The Labute approximate surface area is 259 Å². The molecule has 4 nitrogen and oxygen atoms in total. The van der Waals surface area contributed by atoms with Gasteiger partial charge in [-0.2, -0.15) is 0 Å². The summed E-state index contributed by atoms with van der Waals surface area (Å²) in [4.78, 5) is 15.0. The van der Waals surface area contributed by atoms with Crippen molar-refractivity contribution in [1.82, 2.24) is 15.0 Å². The lowest BCUT2D eigenvalue weighted by atomic mass is 9.92. The first-order valence-electron chi connectivity index (χ1n) is 15.0. The van der Waals surface area contributed by atoms with Crippen molar-refractivity contribution in [2.24, 2.45) is 0 Å². The number of hydrogen-bond acceptors (Lipinski definition) is 4. The molecule has 210 valence electrons. The minimum absolute atomic E-state index is 0.635. The van der Waals surface area contributed by atoms with Gasteiger partial charge in [0.2, 0.25) is 0 Å². The van der Waals surface area contributed by atoms with Crippen LogP contribution in [0.2, 0.25) is 0 Å². The van der Waals surface area contributed by atoms with Gasteiger partial charge in [-0.3, -0.25) is 0 Å². The van der Waals surface area contributed by atoms with Crippen molar-refractivity contribution >= 4 is 43.5 Å². The Hall–Kier alpha value is -6.13. The number of furan rings is 1. The van der Waals surface area contributed by atoms with E-state index in [-0.39, 0.29) is 0 Å². The minimum atomic E-state index is 0.635. The molecule has 0 amide bonds. The summed E-state index contributed by atoms with van der Waals surface area (Å²) in [5.74, 6) is 1.92. The van der Waals surface area contributed by atoms with Gasteiger partial charge in [0.15, 0.2) is 17.5 Å². The normalized spacial score (nSPS) is 11.6. The summed E-state index contributed by atoms with van der Waals surface area (Å²) in [5, 5.41) is 6.91. The van der Waals surface area contributed by atoms with Gasteiger partial charge in [-0.15, -0.1) is 0 Å². The van der Waals surface area contributed by atoms with E-state index in [1.807, 2.05) is 78.9 Å². The van der Waals surface area contributed by atoms with E-state index in [1.54, 1.807) is 0 Å². The van der Waals surface area contributed by atoms with Crippen LogP contribution in [0.5, 0.6) is 0 Å². The zero-order valence-electron chi connectivity index (χ0n) is 24.2. The molecular formula is C41H25N3O. The maximum atomic E-state index is 6.50. The largest absolute Gasteiger partial charge is 0.455 e. The molecule has 0 saturated carbocycles. The highest BCUT2D eigenvalue weighted by atomic mass is 16.3. The molecule has 0 radical (unpaired) electrons. The summed E-state index contributed by atoms with van der Waals surface area (Å²) in [6, 6.07) is 52.1. The Kier molecular flexibility index (Phi) is 5.78. The second kappa shape index (κ2) is 10.2. The molecule has 7 aromatic carbocycles. The van der Waals surface area contributed by atoms with Crippen LogP contribution in [0, 0.1) is 0 Å². The van der Waals surface area contributed by atoms with Gasteiger partial charge in [0, 0.05) is 32.8 Å². The van der Waals surface area contributed by atoms with Crippen LogP contribution in [-0.4, -0.2) is 15.0 Å². The monoisotopic (exact) mass is 575 g/mol. The number of aromatic nitrogens is 3. The Bertz CT molecular complexity index is 2480. The number of benzene rings is 7. The van der Waals surface area contributed by atoms with E-state index < -0.39 is 0 Å². The van der Waals surface area contributed by atoms with E-state index in [4.69, 9.17) is 19.4 Å². The Morgan fingerprint density at radius 2 is 0.889 bits per heavy atom. The average molecular weight is 576 g/mol. The number of hydrogen-bond donors (Lipinski definition) is 0. The topological polar surface area (TPSA) is 51.8 Å². The Morgan fingerprint density at radius 3 is 1.60 bits per heavy atom. The fraction of sp³-hybridized carbons (Fsp3) is 0. The molecule has 2 aromatic heterocycles. The summed E-state index contributed by atoms with van der Waals surface area (Å²) < 4.78 is 6.50. The van der Waals surface area contributed by atoms with Gasteiger partial charge in [0.25, 0.3) is 0 Å². The lowest BCUT2D eigenvalue weighted by Crippen LogP contribution is -2.01. The predicted molar refractivity (Wildman–Crippen MR) is 184 cm³/mol. The van der Waals surface area contributed by atoms with E-state index >= 15 is 0 Å². The number of nitrogens with zero attached hydrogens (tertiary/aromatic N) is 3. The van der Waals surface area contributed by atoms with Crippen LogP contribution in [0.15, 0.2) is 156 Å². The minimum Gasteiger partial charge on any atom is -0.455 e. The molecule has 4 heteroatoms. The lowest BCUT2D eigenvalue weighted by molar-refractivity contribution is 0.673. The first-order valence-corrected chi connectivity index (χ1v) is 15.0. The van der Waals surface area contributed by atoms with Crippen LogP contribution in [0.4, 0.5) is 0 Å². The van der Waals surface area contributed by atoms with Gasteiger partial charge in [-0.25, -0.2) is 15.0 Å². The van der Waals surface area contributed by atoms with Crippen LogP contribution in [0.3, 0.4) is 0 Å². The van der Waals surface area contributed by atoms with E-state index in [0.29, 0.717) is 17.5 Å². The summed E-state index contributed by atoms with van der Waals surface area (Å²) in [7, 11) is 0. The summed E-state index contributed by atoms with van der Waals surface area (Å²) in [6.07, 6.45) is 0. The molecule has 0 atom stereocenters. The third-order valence-corrected chi connectivity index (χ3v) is 8.52. The maximum absolute atomic E-state index is 6.50. The molecule has 0 spiro atoms. The second-order valence-electron chi connectivity index (χ2n) is 11.2. The number of para-hydroxylation sites is 1. The zero-order chi connectivity index (χ0) is 29.7. The molecule has 0 fully saturated rings. The molecule has 0 N–H and O–H groups in total. The highest BCUT2D eigenvalue weighted by Crippen LogP contribution is 2.43. The van der Waals surface area contributed by atoms with Gasteiger partial charge in [-0.05, 0) is 39.4 Å². The predicted octanol–water partition coefficient (Wildman–Crippen LogP) is 10.7. The molecule has 0 saturated heterocycles. The van der Waals surface area contributed by atoms with Crippen molar-refractivity contribution in [3.63, 3.8) is 0 Å². The molecule has 0 aliphatic carbocycles. The SMILES string of the molecule is c1ccc(-c2nc(-c3ccccc3)nc(-c3ccccc3-c3ccc4c5ccccc5c5oc6ccccc6c5c4c3)n2)cc1. The number of rotatable bonds is 4. The summed E-state index contributed by atoms with van der Waals surface area (Å²) in [6.45, 7) is 0. The Morgan fingerprint density at radius 1 is 0.356 bits per heavy atom. The number of fused-ring (bicyclic) bond motifs is 8. The van der Waals surface area contributed by atoms with Crippen molar-refractivity contribution in [3.05, 3.63) is 152 Å². The van der Waals surface area contributed by atoms with Crippen molar-refractivity contribution in [2.75, 3.05) is 0 Å². The maximum Gasteiger partial charge on any atom is 0.164 e. The molecular weight excluding hydrogens is 550 g/mol. The fourth-order valence-corrected chi connectivity index (χ4v) is 6.43. The van der Waals surface area contributed by atoms with Crippen molar-refractivity contribution in [3.8, 4) is 45.3 Å². The third-order valence-electron chi connectivity index (χ3n) is 8.52. The van der Waals surface area contributed by atoms with Gasteiger partial charge in [0.1, 0.15) is 11.2 Å². The molecule has 0 aliphatic rings. The third kappa shape index (κ3) is 4.19. The quantitative estimate of drug-likeness (QED) is 0.196. The highest BCUT2D eigenvalue weighted by Gasteiger charge is 2.19. The lowest BCUT2D eigenvalue weighted by Gasteiger charge is -2.13. The van der Waals surface area contributed by atoms with E-state index in [9.17, 15) is 0 Å². The van der Waals surface area contributed by atoms with Crippen molar-refractivity contribution in [2.45, 2.75) is 0 Å². The first kappa shape index (κ1) is 25.4.